The minimum atomic E-state index is -4.63. The third kappa shape index (κ3) is 4.86. The number of aromatic hydroxyl groups is 1. The Bertz CT molecular complexity index is 946. The number of hydrogen-bond acceptors (Lipinski definition) is 4. The highest BCUT2D eigenvalue weighted by Crippen LogP contribution is 2.34. The lowest BCUT2D eigenvalue weighted by Gasteiger charge is -2.13. The van der Waals surface area contributed by atoms with Gasteiger partial charge in [0.15, 0.2) is 0 Å². The number of carbonyl (C=O) groups is 1. The van der Waals surface area contributed by atoms with E-state index in [1.807, 2.05) is 6.92 Å². The predicted molar refractivity (Wildman–Crippen MR) is 101 cm³/mol. The molecule has 0 saturated heterocycles. The van der Waals surface area contributed by atoms with Crippen LogP contribution in [0.4, 0.5) is 13.2 Å². The summed E-state index contributed by atoms with van der Waals surface area (Å²) in [4.78, 5) is 20.3. The molecule has 0 amide bonds. The molecule has 1 N–H and O–H groups in total. The third-order valence-corrected chi connectivity index (χ3v) is 4.63. The third-order valence-electron chi connectivity index (χ3n) is 3.42. The SMILES string of the molecule is C=C(C(=O)c1cc(Br)c(O)c(Br)c1)n1ccc(C(F)(F)F)n/c1=N/CCC. The van der Waals surface area contributed by atoms with Gasteiger partial charge >= 0.3 is 6.18 Å². The highest BCUT2D eigenvalue weighted by molar-refractivity contribution is 9.11. The van der Waals surface area contributed by atoms with Gasteiger partial charge in [-0.1, -0.05) is 13.5 Å². The summed E-state index contributed by atoms with van der Waals surface area (Å²) in [5.41, 5.74) is -1.33. The van der Waals surface area contributed by atoms with E-state index >= 15 is 0 Å². The van der Waals surface area contributed by atoms with Gasteiger partial charge in [-0.25, -0.2) is 4.98 Å². The van der Waals surface area contributed by atoms with Crippen molar-refractivity contribution in [3.63, 3.8) is 0 Å². The molecule has 27 heavy (non-hydrogen) atoms. The lowest BCUT2D eigenvalue weighted by molar-refractivity contribution is -0.141. The molecule has 0 radical (unpaired) electrons. The van der Waals surface area contributed by atoms with Gasteiger partial charge in [-0.3, -0.25) is 14.4 Å². The Labute approximate surface area is 169 Å². The van der Waals surface area contributed by atoms with E-state index in [0.717, 1.165) is 16.8 Å². The number of benzene rings is 1. The molecule has 0 spiro atoms. The minimum Gasteiger partial charge on any atom is -0.506 e. The van der Waals surface area contributed by atoms with Gasteiger partial charge in [-0.15, -0.1) is 0 Å². The summed E-state index contributed by atoms with van der Waals surface area (Å²) in [6.45, 7) is 5.74. The van der Waals surface area contributed by atoms with E-state index in [9.17, 15) is 23.1 Å². The normalized spacial score (nSPS) is 12.3. The molecule has 0 unspecified atom stereocenters. The fraction of sp³-hybridized carbons (Fsp3) is 0.235. The first-order valence-corrected chi connectivity index (χ1v) is 9.24. The van der Waals surface area contributed by atoms with Crippen molar-refractivity contribution < 1.29 is 23.1 Å². The number of ketones is 1. The number of Topliss-reactive ketones (excluding diaryl/α,β-unsaturated/α-hetero) is 1. The van der Waals surface area contributed by atoms with E-state index in [0.29, 0.717) is 6.42 Å². The van der Waals surface area contributed by atoms with E-state index in [2.05, 4.69) is 48.4 Å². The molecule has 1 heterocycles. The van der Waals surface area contributed by atoms with Gasteiger partial charge in [0.1, 0.15) is 11.4 Å². The average molecular weight is 509 g/mol. The number of alkyl halides is 3. The summed E-state index contributed by atoms with van der Waals surface area (Å²) in [5.74, 6) is -0.643. The summed E-state index contributed by atoms with van der Waals surface area (Å²) in [6.07, 6.45) is -2.97. The maximum absolute atomic E-state index is 12.9. The van der Waals surface area contributed by atoms with Crippen LogP contribution in [-0.2, 0) is 6.18 Å². The Hall–Kier alpha value is -1.94. The van der Waals surface area contributed by atoms with E-state index in [4.69, 9.17) is 0 Å². The van der Waals surface area contributed by atoms with Crippen molar-refractivity contribution in [3.05, 3.63) is 56.8 Å². The average Bonchev–Trinajstić information content (AvgIpc) is 2.61. The Morgan fingerprint density at radius 2 is 1.93 bits per heavy atom. The van der Waals surface area contributed by atoms with Crippen LogP contribution in [-0.4, -0.2) is 27.0 Å². The molecule has 144 valence electrons. The first kappa shape index (κ1) is 21.4. The molecule has 0 atom stereocenters. The first-order valence-electron chi connectivity index (χ1n) is 7.65. The molecular formula is C17H14Br2F3N3O2. The molecule has 0 aliphatic heterocycles. The Morgan fingerprint density at radius 1 is 1.33 bits per heavy atom. The van der Waals surface area contributed by atoms with Crippen LogP contribution >= 0.6 is 31.9 Å². The topological polar surface area (TPSA) is 67.5 Å². The Kier molecular flexibility index (Phi) is 6.63. The number of aromatic nitrogens is 2. The predicted octanol–water partition coefficient (Wildman–Crippen LogP) is 4.80. The van der Waals surface area contributed by atoms with Gasteiger partial charge in [0.2, 0.25) is 11.4 Å². The molecule has 0 saturated carbocycles. The lowest BCUT2D eigenvalue weighted by atomic mass is 10.1. The van der Waals surface area contributed by atoms with Crippen LogP contribution in [0.2, 0.25) is 0 Å². The van der Waals surface area contributed by atoms with Gasteiger partial charge in [-0.05, 0) is 56.5 Å². The van der Waals surface area contributed by atoms with Crippen LogP contribution in [0.1, 0.15) is 29.4 Å². The van der Waals surface area contributed by atoms with Crippen molar-refractivity contribution in [2.45, 2.75) is 19.5 Å². The zero-order valence-corrected chi connectivity index (χ0v) is 17.2. The molecule has 0 fully saturated rings. The van der Waals surface area contributed by atoms with Gasteiger partial charge < -0.3 is 5.11 Å². The molecule has 0 aliphatic rings. The van der Waals surface area contributed by atoms with E-state index in [-0.39, 0.29) is 38.1 Å². The molecule has 0 bridgehead atoms. The first-order chi connectivity index (χ1) is 12.6. The molecular weight excluding hydrogens is 495 g/mol. The second kappa shape index (κ2) is 8.39. The zero-order valence-electron chi connectivity index (χ0n) is 14.0. The summed E-state index contributed by atoms with van der Waals surface area (Å²) in [6, 6.07) is 3.52. The number of nitrogens with zero attached hydrogens (tertiary/aromatic N) is 3. The number of carbonyl (C=O) groups excluding carboxylic acids is 1. The van der Waals surface area contributed by atoms with Gasteiger partial charge in [-0.2, -0.15) is 13.2 Å². The quantitative estimate of drug-likeness (QED) is 0.466. The number of rotatable bonds is 5. The monoisotopic (exact) mass is 507 g/mol. The fourth-order valence-corrected chi connectivity index (χ4v) is 3.26. The van der Waals surface area contributed by atoms with Crippen LogP contribution in [0, 0.1) is 0 Å². The van der Waals surface area contributed by atoms with Crippen molar-refractivity contribution in [3.8, 4) is 5.75 Å². The second-order valence-electron chi connectivity index (χ2n) is 5.43. The smallest absolute Gasteiger partial charge is 0.433 e. The highest BCUT2D eigenvalue weighted by atomic mass is 79.9. The van der Waals surface area contributed by atoms with Crippen LogP contribution < -0.4 is 5.62 Å². The van der Waals surface area contributed by atoms with Crippen LogP contribution in [0.25, 0.3) is 5.70 Å². The van der Waals surface area contributed by atoms with Crippen molar-refractivity contribution in [1.29, 1.82) is 0 Å². The lowest BCUT2D eigenvalue weighted by Crippen LogP contribution is -2.29. The van der Waals surface area contributed by atoms with Gasteiger partial charge in [0.25, 0.3) is 0 Å². The van der Waals surface area contributed by atoms with Crippen molar-refractivity contribution in [1.82, 2.24) is 9.55 Å². The molecule has 1 aromatic heterocycles. The standard InChI is InChI=1S/C17H14Br2F3N3O2/c1-3-5-23-16-24-13(17(20,21)22)4-6-25(16)9(2)14(26)10-7-11(18)15(27)12(19)8-10/h4,6-8,27H,2-3,5H2,1H3/b23-16-. The highest BCUT2D eigenvalue weighted by Gasteiger charge is 2.33. The number of allylic oxidation sites excluding steroid dienone is 1. The van der Waals surface area contributed by atoms with Crippen LogP contribution in [0.3, 0.4) is 0 Å². The largest absolute Gasteiger partial charge is 0.506 e. The second-order valence-corrected chi connectivity index (χ2v) is 7.14. The number of hydrogen-bond donors (Lipinski definition) is 1. The Morgan fingerprint density at radius 3 is 2.44 bits per heavy atom. The summed E-state index contributed by atoms with van der Waals surface area (Å²) in [7, 11) is 0. The Balaban J connectivity index is 2.53. The van der Waals surface area contributed by atoms with E-state index in [1.54, 1.807) is 0 Å². The van der Waals surface area contributed by atoms with Crippen molar-refractivity contribution in [2.24, 2.45) is 4.99 Å². The minimum absolute atomic E-state index is 0.0837. The number of phenolic OH excluding ortho intramolecular Hbond substituents is 1. The molecule has 0 aliphatic carbocycles. The molecule has 1 aromatic carbocycles. The summed E-state index contributed by atoms with van der Waals surface area (Å²) < 4.78 is 40.5. The molecule has 10 heteroatoms. The molecule has 2 rings (SSSR count). The van der Waals surface area contributed by atoms with E-state index in [1.165, 1.54) is 12.1 Å². The maximum atomic E-state index is 12.9. The molecule has 2 aromatic rings. The summed E-state index contributed by atoms with van der Waals surface area (Å²) in [5, 5.41) is 9.75. The number of phenols is 1. The number of halogens is 5. The van der Waals surface area contributed by atoms with Crippen LogP contribution in [0.5, 0.6) is 5.75 Å². The maximum Gasteiger partial charge on any atom is 0.433 e. The van der Waals surface area contributed by atoms with Gasteiger partial charge in [0.05, 0.1) is 14.6 Å². The van der Waals surface area contributed by atoms with Crippen molar-refractivity contribution >= 4 is 43.3 Å². The van der Waals surface area contributed by atoms with Crippen molar-refractivity contribution in [2.75, 3.05) is 6.54 Å². The summed E-state index contributed by atoms with van der Waals surface area (Å²) >= 11 is 6.25. The van der Waals surface area contributed by atoms with Crippen LogP contribution in [0.15, 0.2) is 44.9 Å². The van der Waals surface area contributed by atoms with Gasteiger partial charge in [0, 0.05) is 18.3 Å². The van der Waals surface area contributed by atoms with E-state index < -0.39 is 17.7 Å². The fourth-order valence-electron chi connectivity index (χ4n) is 2.08. The zero-order chi connectivity index (χ0) is 20.4. The molecule has 5 nitrogen and oxygen atoms in total.